The van der Waals surface area contributed by atoms with E-state index in [-0.39, 0.29) is 31.8 Å². The van der Waals surface area contributed by atoms with Crippen molar-refractivity contribution in [3.05, 3.63) is 71.8 Å². The topological polar surface area (TPSA) is 80.3 Å². The molecule has 7 nitrogen and oxygen atoms in total. The van der Waals surface area contributed by atoms with E-state index in [9.17, 15) is 9.36 Å². The number of carbonyl (C=O) groups is 1. The van der Waals surface area contributed by atoms with Crippen LogP contribution in [0.1, 0.15) is 25.0 Å². The van der Waals surface area contributed by atoms with Gasteiger partial charge in [-0.25, -0.2) is 9.36 Å². The number of hydrogen-bond donors (Lipinski definition) is 0. The van der Waals surface area contributed by atoms with Gasteiger partial charge >= 0.3 is 14.0 Å². The van der Waals surface area contributed by atoms with Crippen LogP contribution in [-0.4, -0.2) is 24.9 Å². The van der Waals surface area contributed by atoms with Gasteiger partial charge < -0.3 is 9.47 Å². The third-order valence-corrected chi connectivity index (χ3v) is 5.54. The molecule has 0 fully saturated rings. The Labute approximate surface area is 181 Å². The Morgan fingerprint density at radius 2 is 1.40 bits per heavy atom. The Kier molecular flexibility index (Phi) is 10.3. The maximum atomic E-state index is 13.4. The molecule has 164 valence electrons. The largest absolute Gasteiger partial charge is 0.509 e. The number of benzene rings is 2. The summed E-state index contributed by atoms with van der Waals surface area (Å²) in [5, 5.41) is 0. The molecule has 0 aliphatic carbocycles. The third-order valence-electron chi connectivity index (χ3n) is 4.01. The zero-order chi connectivity index (χ0) is 21.8. The highest BCUT2D eigenvalue weighted by Gasteiger charge is 2.33. The molecule has 0 radical (unpaired) electrons. The molecule has 0 bridgehead atoms. The second-order valence-corrected chi connectivity index (χ2v) is 8.51. The van der Waals surface area contributed by atoms with Gasteiger partial charge in [-0.05, 0) is 17.0 Å². The number of phosphoric ester groups is 1. The molecule has 2 aromatic rings. The standard InChI is InChI=1S/C21H26ClO7P/c1-17(2)20(15-25-21(23)26-16-22)29-30(24,27-13-18-9-5-3-6-10-18)28-14-19-11-7-4-8-12-19/h3-12,17,20H,13-16H2,1-2H3/t20-/m0/s1. The lowest BCUT2D eigenvalue weighted by Crippen LogP contribution is -2.27. The van der Waals surface area contributed by atoms with E-state index >= 15 is 0 Å². The first-order valence-corrected chi connectivity index (χ1v) is 11.4. The van der Waals surface area contributed by atoms with E-state index in [0.29, 0.717) is 0 Å². The smallest absolute Gasteiger partial charge is 0.431 e. The first kappa shape index (κ1) is 24.4. The maximum Gasteiger partial charge on any atom is 0.509 e. The molecule has 0 aliphatic rings. The molecule has 30 heavy (non-hydrogen) atoms. The molecule has 9 heteroatoms. The summed E-state index contributed by atoms with van der Waals surface area (Å²) in [5.41, 5.74) is 1.63. The van der Waals surface area contributed by atoms with Crippen LogP contribution in [0.4, 0.5) is 4.79 Å². The summed E-state index contributed by atoms with van der Waals surface area (Å²) in [6.45, 7) is 3.54. The SMILES string of the molecule is CC(C)[C@H](COC(=O)OCCl)OP(=O)(OCc1ccccc1)OCc1ccccc1. The van der Waals surface area contributed by atoms with Crippen molar-refractivity contribution in [2.75, 3.05) is 12.7 Å². The number of halogens is 1. The van der Waals surface area contributed by atoms with E-state index in [4.69, 9.17) is 29.9 Å². The van der Waals surface area contributed by atoms with Gasteiger partial charge in [-0.1, -0.05) is 86.1 Å². The highest BCUT2D eigenvalue weighted by molar-refractivity contribution is 7.48. The molecule has 0 heterocycles. The van der Waals surface area contributed by atoms with Crippen molar-refractivity contribution in [2.45, 2.75) is 33.2 Å². The highest BCUT2D eigenvalue weighted by Crippen LogP contribution is 2.52. The van der Waals surface area contributed by atoms with Crippen molar-refractivity contribution in [3.63, 3.8) is 0 Å². The Morgan fingerprint density at radius 1 is 0.900 bits per heavy atom. The molecular formula is C21H26ClO7P. The normalized spacial score (nSPS) is 12.5. The van der Waals surface area contributed by atoms with E-state index in [1.54, 1.807) is 0 Å². The quantitative estimate of drug-likeness (QED) is 0.223. The molecule has 1 atom stereocenters. The molecule has 2 rings (SSSR count). The summed E-state index contributed by atoms with van der Waals surface area (Å²) in [7, 11) is -3.99. The minimum Gasteiger partial charge on any atom is -0.431 e. The zero-order valence-corrected chi connectivity index (χ0v) is 18.6. The van der Waals surface area contributed by atoms with Crippen LogP contribution in [0.25, 0.3) is 0 Å². The fourth-order valence-corrected chi connectivity index (χ4v) is 3.84. The lowest BCUT2D eigenvalue weighted by Gasteiger charge is -2.26. The van der Waals surface area contributed by atoms with Gasteiger partial charge in [0.2, 0.25) is 0 Å². The van der Waals surface area contributed by atoms with Gasteiger partial charge in [0.25, 0.3) is 0 Å². The van der Waals surface area contributed by atoms with Crippen molar-refractivity contribution < 1.29 is 32.4 Å². The maximum absolute atomic E-state index is 13.4. The number of rotatable bonds is 12. The van der Waals surface area contributed by atoms with Crippen LogP contribution in [0.3, 0.4) is 0 Å². The number of hydrogen-bond acceptors (Lipinski definition) is 7. The van der Waals surface area contributed by atoms with E-state index in [0.717, 1.165) is 11.1 Å². The zero-order valence-electron chi connectivity index (χ0n) is 16.9. The Balaban J connectivity index is 2.08. The molecule has 2 aromatic carbocycles. The van der Waals surface area contributed by atoms with Gasteiger partial charge in [0.05, 0.1) is 13.2 Å². The van der Waals surface area contributed by atoms with E-state index < -0.39 is 20.1 Å². The van der Waals surface area contributed by atoms with E-state index in [1.807, 2.05) is 74.5 Å². The average molecular weight is 457 g/mol. The molecule has 0 aliphatic heterocycles. The molecule has 0 spiro atoms. The van der Waals surface area contributed by atoms with Crippen LogP contribution < -0.4 is 0 Å². The van der Waals surface area contributed by atoms with Crippen LogP contribution >= 0.6 is 19.4 Å². The van der Waals surface area contributed by atoms with Gasteiger partial charge in [-0.15, -0.1) is 0 Å². The van der Waals surface area contributed by atoms with Crippen molar-refractivity contribution in [1.29, 1.82) is 0 Å². The van der Waals surface area contributed by atoms with Crippen molar-refractivity contribution in [3.8, 4) is 0 Å². The van der Waals surface area contributed by atoms with Crippen LogP contribution in [0.2, 0.25) is 0 Å². The Morgan fingerprint density at radius 3 is 1.83 bits per heavy atom. The van der Waals surface area contributed by atoms with Gasteiger partial charge in [-0.2, -0.15) is 0 Å². The average Bonchev–Trinajstić information content (AvgIpc) is 2.75. The summed E-state index contributed by atoms with van der Waals surface area (Å²) in [6.07, 6.45) is -1.69. The monoisotopic (exact) mass is 456 g/mol. The van der Waals surface area contributed by atoms with Gasteiger partial charge in [0.15, 0.2) is 6.07 Å². The number of phosphoric acid groups is 1. The van der Waals surface area contributed by atoms with Crippen molar-refractivity contribution in [1.82, 2.24) is 0 Å². The molecule has 0 unspecified atom stereocenters. The third kappa shape index (κ3) is 8.86. The second kappa shape index (κ2) is 12.7. The summed E-state index contributed by atoms with van der Waals surface area (Å²) >= 11 is 5.34. The predicted molar refractivity (Wildman–Crippen MR) is 113 cm³/mol. The molecule has 0 aromatic heterocycles. The number of ether oxygens (including phenoxy) is 2. The number of alkyl halides is 1. The second-order valence-electron chi connectivity index (χ2n) is 6.67. The van der Waals surface area contributed by atoms with Gasteiger partial charge in [0.1, 0.15) is 12.7 Å². The molecule has 0 N–H and O–H groups in total. The molecule has 0 saturated heterocycles. The minimum atomic E-state index is -3.99. The predicted octanol–water partition coefficient (Wildman–Crippen LogP) is 5.92. The lowest BCUT2D eigenvalue weighted by molar-refractivity contribution is -0.00386. The highest BCUT2D eigenvalue weighted by atomic mass is 35.5. The van der Waals surface area contributed by atoms with Crippen molar-refractivity contribution >= 4 is 25.6 Å². The summed E-state index contributed by atoms with van der Waals surface area (Å²) in [6, 6.07) is 18.2. The summed E-state index contributed by atoms with van der Waals surface area (Å²) in [4.78, 5) is 11.4. The summed E-state index contributed by atoms with van der Waals surface area (Å²) < 4.78 is 39.8. The van der Waals surface area contributed by atoms with Crippen LogP contribution in [0.5, 0.6) is 0 Å². The first-order chi connectivity index (χ1) is 14.4. The first-order valence-electron chi connectivity index (χ1n) is 9.43. The van der Waals surface area contributed by atoms with Gasteiger partial charge in [0, 0.05) is 0 Å². The van der Waals surface area contributed by atoms with Crippen LogP contribution in [-0.2, 0) is 40.8 Å². The fourth-order valence-electron chi connectivity index (χ4n) is 2.30. The summed E-state index contributed by atoms with van der Waals surface area (Å²) in [5.74, 6) is -0.150. The molecular weight excluding hydrogens is 431 g/mol. The van der Waals surface area contributed by atoms with E-state index in [1.165, 1.54) is 0 Å². The van der Waals surface area contributed by atoms with Crippen molar-refractivity contribution in [2.24, 2.45) is 5.92 Å². The van der Waals surface area contributed by atoms with Crippen LogP contribution in [0.15, 0.2) is 60.7 Å². The van der Waals surface area contributed by atoms with Crippen LogP contribution in [0, 0.1) is 5.92 Å². The molecule has 0 saturated carbocycles. The number of carbonyl (C=O) groups excluding carboxylic acids is 1. The Bertz CT molecular complexity index is 754. The minimum absolute atomic E-state index is 0.0346. The Hall–Kier alpha value is -1.89. The molecule has 0 amide bonds. The lowest BCUT2D eigenvalue weighted by atomic mass is 10.1. The van der Waals surface area contributed by atoms with E-state index in [2.05, 4.69) is 4.74 Å². The van der Waals surface area contributed by atoms with Gasteiger partial charge in [-0.3, -0.25) is 13.6 Å². The fraction of sp³-hybridized carbons (Fsp3) is 0.381.